The van der Waals surface area contributed by atoms with E-state index in [-0.39, 0.29) is 5.91 Å². The molecule has 0 saturated carbocycles. The van der Waals surface area contributed by atoms with Crippen molar-refractivity contribution in [3.05, 3.63) is 34.8 Å². The summed E-state index contributed by atoms with van der Waals surface area (Å²) in [5.41, 5.74) is 1.06. The van der Waals surface area contributed by atoms with E-state index < -0.39 is 6.10 Å². The van der Waals surface area contributed by atoms with Gasteiger partial charge in [0, 0.05) is 6.42 Å². The fourth-order valence-corrected chi connectivity index (χ4v) is 2.64. The number of nitrogens with one attached hydrogen (secondary N) is 1. The van der Waals surface area contributed by atoms with Crippen LogP contribution in [0.4, 0.5) is 5.13 Å². The lowest BCUT2D eigenvalue weighted by atomic mass is 10.1. The van der Waals surface area contributed by atoms with Gasteiger partial charge in [-0.2, -0.15) is 0 Å². The second kappa shape index (κ2) is 4.97. The van der Waals surface area contributed by atoms with E-state index in [1.807, 2.05) is 31.2 Å². The van der Waals surface area contributed by atoms with Gasteiger partial charge in [-0.3, -0.25) is 10.1 Å². The normalized spacial score (nSPS) is 16.8. The molecule has 0 saturated heterocycles. The number of hydrogen-bond acceptors (Lipinski definition) is 5. The Morgan fingerprint density at radius 3 is 3.05 bits per heavy atom. The lowest BCUT2D eigenvalue weighted by Gasteiger charge is -2.08. The number of fused-ring (bicyclic) bond motifs is 1. The maximum atomic E-state index is 12.1. The SMILES string of the molecule is CCc1nnc(NC(=O)C2Cc3ccccc3O2)s1. The summed E-state index contributed by atoms with van der Waals surface area (Å²) in [5, 5.41) is 12.1. The number of nitrogens with zero attached hydrogens (tertiary/aromatic N) is 2. The smallest absolute Gasteiger partial charge is 0.267 e. The molecule has 6 heteroatoms. The Labute approximate surface area is 114 Å². The first-order chi connectivity index (χ1) is 9.26. The molecule has 1 aliphatic rings. The maximum Gasteiger partial charge on any atom is 0.267 e. The zero-order chi connectivity index (χ0) is 13.2. The van der Waals surface area contributed by atoms with Crippen LogP contribution in [-0.2, 0) is 17.6 Å². The molecule has 2 heterocycles. The van der Waals surface area contributed by atoms with Crippen molar-refractivity contribution in [3.63, 3.8) is 0 Å². The molecule has 5 nitrogen and oxygen atoms in total. The molecule has 2 aromatic rings. The van der Waals surface area contributed by atoms with Gasteiger partial charge in [0.2, 0.25) is 5.13 Å². The van der Waals surface area contributed by atoms with Crippen LogP contribution in [0.5, 0.6) is 5.75 Å². The van der Waals surface area contributed by atoms with Gasteiger partial charge in [0.1, 0.15) is 10.8 Å². The first-order valence-electron chi connectivity index (χ1n) is 6.14. The molecule has 1 aromatic heterocycles. The van der Waals surface area contributed by atoms with E-state index >= 15 is 0 Å². The third-order valence-corrected chi connectivity index (χ3v) is 3.92. The topological polar surface area (TPSA) is 64.1 Å². The Kier molecular flexibility index (Phi) is 3.16. The number of carbonyl (C=O) groups excluding carboxylic acids is 1. The first-order valence-corrected chi connectivity index (χ1v) is 6.95. The van der Waals surface area contributed by atoms with Gasteiger partial charge >= 0.3 is 0 Å². The fourth-order valence-electron chi connectivity index (χ4n) is 1.96. The van der Waals surface area contributed by atoms with Crippen LogP contribution in [0.15, 0.2) is 24.3 Å². The molecule has 1 aliphatic heterocycles. The van der Waals surface area contributed by atoms with E-state index in [1.54, 1.807) is 0 Å². The average molecular weight is 275 g/mol. The quantitative estimate of drug-likeness (QED) is 0.931. The number of aryl methyl sites for hydroxylation is 1. The summed E-state index contributed by atoms with van der Waals surface area (Å²) in [6.07, 6.45) is 0.937. The van der Waals surface area contributed by atoms with Crippen LogP contribution in [-0.4, -0.2) is 22.2 Å². The molecule has 98 valence electrons. The number of aromatic nitrogens is 2. The van der Waals surface area contributed by atoms with Crippen molar-refractivity contribution in [2.75, 3.05) is 5.32 Å². The number of carbonyl (C=O) groups is 1. The van der Waals surface area contributed by atoms with E-state index in [0.29, 0.717) is 11.6 Å². The van der Waals surface area contributed by atoms with Gasteiger partial charge in [-0.25, -0.2) is 0 Å². The predicted octanol–water partition coefficient (Wildman–Crippen LogP) is 2.04. The number of anilines is 1. The largest absolute Gasteiger partial charge is 0.480 e. The fraction of sp³-hybridized carbons (Fsp3) is 0.308. The Morgan fingerprint density at radius 1 is 1.47 bits per heavy atom. The number of para-hydroxylation sites is 1. The predicted molar refractivity (Wildman–Crippen MR) is 72.5 cm³/mol. The van der Waals surface area contributed by atoms with Gasteiger partial charge in [0.15, 0.2) is 6.10 Å². The first kappa shape index (κ1) is 12.1. The summed E-state index contributed by atoms with van der Waals surface area (Å²) in [7, 11) is 0. The van der Waals surface area contributed by atoms with Crippen LogP contribution in [0.2, 0.25) is 0 Å². The molecule has 19 heavy (non-hydrogen) atoms. The van der Waals surface area contributed by atoms with Crippen molar-refractivity contribution in [1.29, 1.82) is 0 Å². The van der Waals surface area contributed by atoms with Gasteiger partial charge in [0.05, 0.1) is 0 Å². The van der Waals surface area contributed by atoms with Crippen molar-refractivity contribution >= 4 is 22.4 Å². The van der Waals surface area contributed by atoms with E-state index in [0.717, 1.165) is 22.7 Å². The zero-order valence-corrected chi connectivity index (χ0v) is 11.2. The number of ether oxygens (including phenoxy) is 1. The molecule has 1 amide bonds. The van der Waals surface area contributed by atoms with Crippen molar-refractivity contribution in [2.45, 2.75) is 25.9 Å². The Morgan fingerprint density at radius 2 is 2.32 bits per heavy atom. The van der Waals surface area contributed by atoms with E-state index in [9.17, 15) is 4.79 Å². The molecule has 0 aliphatic carbocycles. The van der Waals surface area contributed by atoms with Gasteiger partial charge in [-0.15, -0.1) is 10.2 Å². The lowest BCUT2D eigenvalue weighted by Crippen LogP contribution is -2.31. The van der Waals surface area contributed by atoms with E-state index in [2.05, 4.69) is 15.5 Å². The lowest BCUT2D eigenvalue weighted by molar-refractivity contribution is -0.122. The summed E-state index contributed by atoms with van der Waals surface area (Å²) >= 11 is 1.39. The Balaban J connectivity index is 1.66. The minimum absolute atomic E-state index is 0.171. The highest BCUT2D eigenvalue weighted by Crippen LogP contribution is 2.28. The molecule has 1 aromatic carbocycles. The highest BCUT2D eigenvalue weighted by Gasteiger charge is 2.29. The monoisotopic (exact) mass is 275 g/mol. The zero-order valence-electron chi connectivity index (χ0n) is 10.4. The number of benzene rings is 1. The van der Waals surface area contributed by atoms with Gasteiger partial charge < -0.3 is 4.74 Å². The molecule has 3 rings (SSSR count). The van der Waals surface area contributed by atoms with Gasteiger partial charge in [-0.1, -0.05) is 36.5 Å². The van der Waals surface area contributed by atoms with Gasteiger partial charge in [-0.05, 0) is 18.1 Å². The van der Waals surface area contributed by atoms with E-state index in [4.69, 9.17) is 4.74 Å². The minimum atomic E-state index is -0.480. The van der Waals surface area contributed by atoms with E-state index in [1.165, 1.54) is 11.3 Å². The molecular formula is C13H13N3O2S. The molecule has 0 fully saturated rings. The molecule has 0 radical (unpaired) electrons. The molecule has 1 unspecified atom stereocenters. The van der Waals surface area contributed by atoms with Gasteiger partial charge in [0.25, 0.3) is 5.91 Å². The number of rotatable bonds is 3. The summed E-state index contributed by atoms with van der Waals surface area (Å²) in [5.74, 6) is 0.615. The summed E-state index contributed by atoms with van der Waals surface area (Å²) < 4.78 is 5.62. The second-order valence-corrected chi connectivity index (χ2v) is 5.32. The van der Waals surface area contributed by atoms with Crippen LogP contribution in [0.3, 0.4) is 0 Å². The van der Waals surface area contributed by atoms with Crippen molar-refractivity contribution in [2.24, 2.45) is 0 Å². The van der Waals surface area contributed by atoms with Crippen LogP contribution < -0.4 is 10.1 Å². The van der Waals surface area contributed by atoms with Crippen molar-refractivity contribution < 1.29 is 9.53 Å². The summed E-state index contributed by atoms with van der Waals surface area (Å²) in [4.78, 5) is 12.1. The van der Waals surface area contributed by atoms with Crippen LogP contribution in [0.1, 0.15) is 17.5 Å². The Hall–Kier alpha value is -1.95. The van der Waals surface area contributed by atoms with Crippen LogP contribution >= 0.6 is 11.3 Å². The molecule has 0 spiro atoms. The maximum absolute atomic E-state index is 12.1. The highest BCUT2D eigenvalue weighted by atomic mass is 32.1. The summed E-state index contributed by atoms with van der Waals surface area (Å²) in [6, 6.07) is 7.70. The third-order valence-electron chi connectivity index (χ3n) is 2.94. The molecular weight excluding hydrogens is 262 g/mol. The second-order valence-electron chi connectivity index (χ2n) is 4.26. The minimum Gasteiger partial charge on any atom is -0.480 e. The standard InChI is InChI=1S/C13H13N3O2S/c1-2-11-15-16-13(19-11)14-12(17)10-7-8-5-3-4-6-9(8)18-10/h3-6,10H,2,7H2,1H3,(H,14,16,17). The average Bonchev–Trinajstić information content (AvgIpc) is 3.04. The Bertz CT molecular complexity index is 586. The van der Waals surface area contributed by atoms with Crippen LogP contribution in [0, 0.1) is 0 Å². The third kappa shape index (κ3) is 2.44. The van der Waals surface area contributed by atoms with Crippen LogP contribution in [0.25, 0.3) is 0 Å². The molecule has 1 N–H and O–H groups in total. The molecule has 1 atom stereocenters. The molecule has 0 bridgehead atoms. The summed E-state index contributed by atoms with van der Waals surface area (Å²) in [6.45, 7) is 2.00. The van der Waals surface area contributed by atoms with Crippen molar-refractivity contribution in [3.8, 4) is 5.75 Å². The highest BCUT2D eigenvalue weighted by molar-refractivity contribution is 7.15. The number of hydrogen-bond donors (Lipinski definition) is 1. The van der Waals surface area contributed by atoms with Crippen molar-refractivity contribution in [1.82, 2.24) is 10.2 Å². The number of amides is 1.